The van der Waals surface area contributed by atoms with E-state index in [1.807, 2.05) is 54.6 Å². The summed E-state index contributed by atoms with van der Waals surface area (Å²) in [7, 11) is 0. The molecule has 2 atom stereocenters. The van der Waals surface area contributed by atoms with Gasteiger partial charge < -0.3 is 15.6 Å². The first-order valence-corrected chi connectivity index (χ1v) is 11.2. The first-order chi connectivity index (χ1) is 15.9. The Labute approximate surface area is 195 Å². The molecule has 0 spiro atoms. The van der Waals surface area contributed by atoms with Crippen molar-refractivity contribution in [2.75, 3.05) is 4.90 Å². The molecule has 4 rings (SSSR count). The van der Waals surface area contributed by atoms with Gasteiger partial charge >= 0.3 is 5.97 Å². The number of thioether (sulfide) groups is 1. The number of hydrogen-bond acceptors (Lipinski definition) is 5. The molecule has 3 aromatic rings. The number of amides is 2. The minimum atomic E-state index is -1.04. The van der Waals surface area contributed by atoms with Crippen LogP contribution in [0.1, 0.15) is 33.3 Å². The number of carboxylic acid groups (broad SMARTS) is 1. The summed E-state index contributed by atoms with van der Waals surface area (Å²) in [6.45, 7) is 0.434. The molecule has 168 valence electrons. The zero-order chi connectivity index (χ0) is 23.4. The number of rotatable bonds is 8. The fourth-order valence-electron chi connectivity index (χ4n) is 3.61. The summed E-state index contributed by atoms with van der Waals surface area (Å²) in [4.78, 5) is 37.6. The monoisotopic (exact) mass is 462 g/mol. The molecule has 8 heteroatoms. The van der Waals surface area contributed by atoms with Gasteiger partial charge in [0.1, 0.15) is 17.7 Å². The molecule has 0 aliphatic carbocycles. The van der Waals surface area contributed by atoms with E-state index < -0.39 is 22.5 Å². The molecule has 33 heavy (non-hydrogen) atoms. The predicted molar refractivity (Wildman–Crippen MR) is 126 cm³/mol. The van der Waals surface area contributed by atoms with Crippen molar-refractivity contribution in [1.29, 1.82) is 0 Å². The van der Waals surface area contributed by atoms with Crippen molar-refractivity contribution in [1.82, 2.24) is 0 Å². The number of carbonyl (C=O) groups is 3. The molecule has 1 aliphatic heterocycles. The highest BCUT2D eigenvalue weighted by atomic mass is 32.2. The van der Waals surface area contributed by atoms with E-state index in [0.29, 0.717) is 18.0 Å². The third kappa shape index (κ3) is 5.18. The van der Waals surface area contributed by atoms with Crippen LogP contribution < -0.4 is 15.4 Å². The molecular formula is C25H22N2O5S. The topological polar surface area (TPSA) is 110 Å². The van der Waals surface area contributed by atoms with Gasteiger partial charge in [-0.05, 0) is 41.5 Å². The molecule has 1 saturated heterocycles. The Hall–Kier alpha value is -3.78. The lowest BCUT2D eigenvalue weighted by molar-refractivity contribution is -0.138. The molecule has 3 aromatic carbocycles. The summed E-state index contributed by atoms with van der Waals surface area (Å²) in [6.07, 6.45) is -0.287. The fraction of sp³-hybridized carbons (Fsp3) is 0.160. The molecule has 0 aromatic heterocycles. The Kier molecular flexibility index (Phi) is 6.65. The lowest BCUT2D eigenvalue weighted by Gasteiger charge is -2.25. The van der Waals surface area contributed by atoms with Crippen molar-refractivity contribution in [2.45, 2.75) is 23.7 Å². The summed E-state index contributed by atoms with van der Waals surface area (Å²) in [5.41, 5.74) is 8.04. The highest BCUT2D eigenvalue weighted by Crippen LogP contribution is 2.47. The van der Waals surface area contributed by atoms with Crippen LogP contribution in [0, 0.1) is 0 Å². The van der Waals surface area contributed by atoms with Crippen LogP contribution in [0.4, 0.5) is 5.69 Å². The largest absolute Gasteiger partial charge is 0.489 e. The number of ether oxygens (including phenoxy) is 1. The maximum atomic E-state index is 13.1. The first-order valence-electron chi connectivity index (χ1n) is 10.3. The molecular weight excluding hydrogens is 440 g/mol. The third-order valence-electron chi connectivity index (χ3n) is 5.22. The molecule has 1 fully saturated rings. The van der Waals surface area contributed by atoms with Crippen LogP contribution in [-0.2, 0) is 16.2 Å². The maximum Gasteiger partial charge on any atom is 0.305 e. The summed E-state index contributed by atoms with van der Waals surface area (Å²) < 4.78 is 5.84. The molecule has 3 N–H and O–H groups in total. The smallest absolute Gasteiger partial charge is 0.305 e. The molecule has 2 unspecified atom stereocenters. The standard InChI is InChI=1S/C25H22N2O5S/c26-23(30)18-7-4-8-19(13-18)27-24(31)21(14-22(28)29)33-25(27)17-9-11-20(12-10-17)32-15-16-5-2-1-3-6-16/h1-13,21,25H,14-15H2,(H2,26,30)(H,28,29). The Morgan fingerprint density at radius 3 is 2.39 bits per heavy atom. The van der Waals surface area contributed by atoms with Crippen molar-refractivity contribution >= 4 is 35.2 Å². The SMILES string of the molecule is NC(=O)c1cccc(N2C(=O)C(CC(=O)O)SC2c2ccc(OCc3ccccc3)cc2)c1. The zero-order valence-corrected chi connectivity index (χ0v) is 18.4. The lowest BCUT2D eigenvalue weighted by atomic mass is 10.1. The number of aliphatic carboxylic acids is 1. The Morgan fingerprint density at radius 2 is 1.73 bits per heavy atom. The number of primary amides is 1. The van der Waals surface area contributed by atoms with Gasteiger partial charge in [0, 0.05) is 11.3 Å². The molecule has 1 heterocycles. The number of benzene rings is 3. The van der Waals surface area contributed by atoms with Gasteiger partial charge in [0.05, 0.1) is 11.7 Å². The van der Waals surface area contributed by atoms with E-state index in [0.717, 1.165) is 11.1 Å². The summed E-state index contributed by atoms with van der Waals surface area (Å²) in [5.74, 6) is -1.29. The Bertz CT molecular complexity index is 1170. The van der Waals surface area contributed by atoms with Crippen LogP contribution in [0.2, 0.25) is 0 Å². The van der Waals surface area contributed by atoms with Crippen molar-refractivity contribution in [3.63, 3.8) is 0 Å². The number of carbonyl (C=O) groups excluding carboxylic acids is 2. The van der Waals surface area contributed by atoms with Crippen molar-refractivity contribution in [2.24, 2.45) is 5.73 Å². The molecule has 2 amide bonds. The third-order valence-corrected chi connectivity index (χ3v) is 6.66. The summed E-state index contributed by atoms with van der Waals surface area (Å²) in [6, 6.07) is 23.7. The van der Waals surface area contributed by atoms with Crippen LogP contribution in [0.3, 0.4) is 0 Å². The number of nitrogens with zero attached hydrogens (tertiary/aromatic N) is 1. The number of anilines is 1. The van der Waals surface area contributed by atoms with Crippen LogP contribution in [0.25, 0.3) is 0 Å². The lowest BCUT2D eigenvalue weighted by Crippen LogP contribution is -2.32. The maximum absolute atomic E-state index is 13.1. The van der Waals surface area contributed by atoms with E-state index in [1.54, 1.807) is 24.3 Å². The van der Waals surface area contributed by atoms with E-state index in [1.165, 1.54) is 16.7 Å². The van der Waals surface area contributed by atoms with Gasteiger partial charge in [-0.2, -0.15) is 0 Å². The molecule has 0 bridgehead atoms. The Balaban J connectivity index is 1.59. The summed E-state index contributed by atoms with van der Waals surface area (Å²) >= 11 is 1.27. The van der Waals surface area contributed by atoms with Gasteiger partial charge in [-0.1, -0.05) is 48.5 Å². The van der Waals surface area contributed by atoms with Crippen LogP contribution in [0.15, 0.2) is 78.9 Å². The normalized spacial score (nSPS) is 17.7. The minimum absolute atomic E-state index is 0.274. The van der Waals surface area contributed by atoms with Gasteiger partial charge in [-0.3, -0.25) is 19.3 Å². The highest BCUT2D eigenvalue weighted by Gasteiger charge is 2.43. The van der Waals surface area contributed by atoms with E-state index in [4.69, 9.17) is 10.5 Å². The van der Waals surface area contributed by atoms with Gasteiger partial charge in [-0.15, -0.1) is 11.8 Å². The van der Waals surface area contributed by atoms with E-state index in [-0.39, 0.29) is 17.9 Å². The second kappa shape index (κ2) is 9.79. The van der Waals surface area contributed by atoms with Gasteiger partial charge in [0.2, 0.25) is 11.8 Å². The van der Waals surface area contributed by atoms with E-state index >= 15 is 0 Å². The average Bonchev–Trinajstić information content (AvgIpc) is 3.14. The zero-order valence-electron chi connectivity index (χ0n) is 17.6. The number of hydrogen-bond donors (Lipinski definition) is 2. The van der Waals surface area contributed by atoms with Crippen molar-refractivity contribution in [3.05, 3.63) is 95.6 Å². The van der Waals surface area contributed by atoms with Gasteiger partial charge in [0.15, 0.2) is 0 Å². The van der Waals surface area contributed by atoms with E-state index in [9.17, 15) is 19.5 Å². The predicted octanol–water partition coefficient (Wildman–Crippen LogP) is 3.99. The highest BCUT2D eigenvalue weighted by molar-refractivity contribution is 8.01. The molecule has 0 radical (unpaired) electrons. The van der Waals surface area contributed by atoms with Gasteiger partial charge in [0.25, 0.3) is 0 Å². The first kappa shape index (κ1) is 22.4. The van der Waals surface area contributed by atoms with E-state index in [2.05, 4.69) is 0 Å². The van der Waals surface area contributed by atoms with Crippen LogP contribution in [0.5, 0.6) is 5.75 Å². The number of carboxylic acids is 1. The second-order valence-corrected chi connectivity index (χ2v) is 8.83. The van der Waals surface area contributed by atoms with Crippen molar-refractivity contribution in [3.8, 4) is 5.75 Å². The quantitative estimate of drug-likeness (QED) is 0.524. The second-order valence-electron chi connectivity index (χ2n) is 7.54. The Morgan fingerprint density at radius 1 is 1.00 bits per heavy atom. The molecule has 0 saturated carbocycles. The van der Waals surface area contributed by atoms with Crippen molar-refractivity contribution < 1.29 is 24.2 Å². The fourth-order valence-corrected chi connectivity index (χ4v) is 5.05. The minimum Gasteiger partial charge on any atom is -0.489 e. The molecule has 1 aliphatic rings. The van der Waals surface area contributed by atoms with Crippen LogP contribution >= 0.6 is 11.8 Å². The van der Waals surface area contributed by atoms with Crippen LogP contribution in [-0.4, -0.2) is 28.1 Å². The summed E-state index contributed by atoms with van der Waals surface area (Å²) in [5, 5.41) is 8.06. The molecule has 7 nitrogen and oxygen atoms in total. The average molecular weight is 463 g/mol. The van der Waals surface area contributed by atoms with Gasteiger partial charge in [-0.25, -0.2) is 0 Å². The number of nitrogens with two attached hydrogens (primary N) is 1.